The van der Waals surface area contributed by atoms with Crippen molar-refractivity contribution < 1.29 is 9.53 Å². The van der Waals surface area contributed by atoms with Gasteiger partial charge in [0.2, 0.25) is 5.91 Å². The predicted molar refractivity (Wildman–Crippen MR) is 98.7 cm³/mol. The quantitative estimate of drug-likeness (QED) is 0.718. The van der Waals surface area contributed by atoms with Crippen molar-refractivity contribution in [2.75, 3.05) is 57.8 Å². The lowest BCUT2D eigenvalue weighted by molar-refractivity contribution is -0.132. The standard InChI is InChI=1S/C19H29N3O2/c1-5-20(14-16(2)3)15-19(23)22-12-10-21(11-13-22)17-6-8-18(24-4)9-7-17/h6-9H,2,5,10-15H2,1,3-4H3. The molecule has 1 fully saturated rings. The van der Waals surface area contributed by atoms with E-state index in [9.17, 15) is 4.79 Å². The molecule has 24 heavy (non-hydrogen) atoms. The van der Waals surface area contributed by atoms with Gasteiger partial charge in [0.1, 0.15) is 5.75 Å². The summed E-state index contributed by atoms with van der Waals surface area (Å²) in [7, 11) is 1.67. The van der Waals surface area contributed by atoms with Crippen molar-refractivity contribution in [1.82, 2.24) is 9.80 Å². The van der Waals surface area contributed by atoms with Crippen LogP contribution in [0.15, 0.2) is 36.4 Å². The minimum atomic E-state index is 0.215. The Bertz CT molecular complexity index is 548. The number of anilines is 1. The fraction of sp³-hybridized carbons (Fsp3) is 0.526. The van der Waals surface area contributed by atoms with Crippen LogP contribution in [-0.2, 0) is 4.79 Å². The number of hydrogen-bond acceptors (Lipinski definition) is 4. The van der Waals surface area contributed by atoms with Gasteiger partial charge in [-0.3, -0.25) is 9.69 Å². The first kappa shape index (κ1) is 18.3. The molecule has 0 N–H and O–H groups in total. The lowest BCUT2D eigenvalue weighted by Crippen LogP contribution is -2.51. The van der Waals surface area contributed by atoms with Gasteiger partial charge in [0, 0.05) is 38.4 Å². The fourth-order valence-electron chi connectivity index (χ4n) is 2.96. The number of benzene rings is 1. The van der Waals surface area contributed by atoms with Gasteiger partial charge >= 0.3 is 0 Å². The number of rotatable bonds is 7. The van der Waals surface area contributed by atoms with Crippen LogP contribution in [0.3, 0.4) is 0 Å². The first-order valence-electron chi connectivity index (χ1n) is 8.57. The Morgan fingerprint density at radius 2 is 1.79 bits per heavy atom. The van der Waals surface area contributed by atoms with Gasteiger partial charge in [0.15, 0.2) is 0 Å². The minimum Gasteiger partial charge on any atom is -0.497 e. The normalized spacial score (nSPS) is 14.8. The van der Waals surface area contributed by atoms with E-state index in [1.165, 1.54) is 5.69 Å². The lowest BCUT2D eigenvalue weighted by atomic mass is 10.2. The molecule has 0 spiro atoms. The molecule has 0 aromatic heterocycles. The molecule has 1 amide bonds. The van der Waals surface area contributed by atoms with Crippen molar-refractivity contribution in [1.29, 1.82) is 0 Å². The van der Waals surface area contributed by atoms with Gasteiger partial charge < -0.3 is 14.5 Å². The Labute approximate surface area is 145 Å². The summed E-state index contributed by atoms with van der Waals surface area (Å²) in [5.74, 6) is 1.08. The highest BCUT2D eigenvalue weighted by Crippen LogP contribution is 2.20. The molecule has 0 radical (unpaired) electrons. The molecule has 5 heteroatoms. The Balaban J connectivity index is 1.84. The molecular weight excluding hydrogens is 302 g/mol. The van der Waals surface area contributed by atoms with Gasteiger partial charge in [-0.2, -0.15) is 0 Å². The summed E-state index contributed by atoms with van der Waals surface area (Å²) >= 11 is 0. The van der Waals surface area contributed by atoms with Gasteiger partial charge in [-0.15, -0.1) is 0 Å². The van der Waals surface area contributed by atoms with Crippen molar-refractivity contribution in [3.8, 4) is 5.75 Å². The monoisotopic (exact) mass is 331 g/mol. The zero-order chi connectivity index (χ0) is 17.5. The second-order valence-electron chi connectivity index (χ2n) is 6.33. The zero-order valence-electron chi connectivity index (χ0n) is 15.1. The molecular formula is C19H29N3O2. The van der Waals surface area contributed by atoms with Crippen LogP contribution < -0.4 is 9.64 Å². The summed E-state index contributed by atoms with van der Waals surface area (Å²) in [5, 5.41) is 0. The van der Waals surface area contributed by atoms with E-state index in [0.717, 1.165) is 50.6 Å². The molecule has 1 aliphatic rings. The van der Waals surface area contributed by atoms with Crippen molar-refractivity contribution >= 4 is 11.6 Å². The van der Waals surface area contributed by atoms with Crippen molar-refractivity contribution in [2.45, 2.75) is 13.8 Å². The van der Waals surface area contributed by atoms with Crippen LogP contribution in [0.1, 0.15) is 13.8 Å². The van der Waals surface area contributed by atoms with Crippen LogP contribution in [0.25, 0.3) is 0 Å². The van der Waals surface area contributed by atoms with Crippen LogP contribution in [-0.4, -0.2) is 68.6 Å². The van der Waals surface area contributed by atoms with Crippen molar-refractivity contribution in [3.63, 3.8) is 0 Å². The largest absolute Gasteiger partial charge is 0.497 e. The SMILES string of the molecule is C=C(C)CN(CC)CC(=O)N1CCN(c2ccc(OC)cc2)CC1. The second kappa shape index (κ2) is 8.73. The smallest absolute Gasteiger partial charge is 0.236 e. The molecule has 0 aliphatic carbocycles. The predicted octanol–water partition coefficient (Wildman–Crippen LogP) is 2.24. The number of nitrogens with zero attached hydrogens (tertiary/aromatic N) is 3. The Morgan fingerprint density at radius 3 is 2.29 bits per heavy atom. The third kappa shape index (κ3) is 4.99. The van der Waals surface area contributed by atoms with E-state index in [2.05, 4.69) is 35.4 Å². The van der Waals surface area contributed by atoms with E-state index in [0.29, 0.717) is 6.54 Å². The summed E-state index contributed by atoms with van der Waals surface area (Å²) < 4.78 is 5.20. The molecule has 1 aromatic carbocycles. The van der Waals surface area contributed by atoms with Crippen LogP contribution >= 0.6 is 0 Å². The highest BCUT2D eigenvalue weighted by molar-refractivity contribution is 5.78. The van der Waals surface area contributed by atoms with E-state index in [1.54, 1.807) is 7.11 Å². The maximum Gasteiger partial charge on any atom is 0.236 e. The number of amides is 1. The van der Waals surface area contributed by atoms with Gasteiger partial charge in [-0.25, -0.2) is 0 Å². The van der Waals surface area contributed by atoms with Crippen molar-refractivity contribution in [3.05, 3.63) is 36.4 Å². The van der Waals surface area contributed by atoms with E-state index in [4.69, 9.17) is 4.74 Å². The molecule has 0 bridgehead atoms. The molecule has 1 aliphatic heterocycles. The van der Waals surface area contributed by atoms with Crippen molar-refractivity contribution in [2.24, 2.45) is 0 Å². The average Bonchev–Trinajstić information content (AvgIpc) is 2.61. The number of carbonyl (C=O) groups is 1. The van der Waals surface area contributed by atoms with Gasteiger partial charge in [0.25, 0.3) is 0 Å². The molecule has 0 saturated carbocycles. The number of carbonyl (C=O) groups excluding carboxylic acids is 1. The van der Waals surface area contributed by atoms with Gasteiger partial charge in [0.05, 0.1) is 13.7 Å². The topological polar surface area (TPSA) is 36.0 Å². The first-order chi connectivity index (χ1) is 11.5. The third-order valence-corrected chi connectivity index (χ3v) is 4.37. The van der Waals surface area contributed by atoms with Gasteiger partial charge in [-0.1, -0.05) is 19.1 Å². The molecule has 1 saturated heterocycles. The Kier molecular flexibility index (Phi) is 6.67. The number of hydrogen-bond donors (Lipinski definition) is 0. The highest BCUT2D eigenvalue weighted by atomic mass is 16.5. The average molecular weight is 331 g/mol. The maximum atomic E-state index is 12.5. The second-order valence-corrected chi connectivity index (χ2v) is 6.33. The summed E-state index contributed by atoms with van der Waals surface area (Å²) in [6.07, 6.45) is 0. The Morgan fingerprint density at radius 1 is 1.17 bits per heavy atom. The maximum absolute atomic E-state index is 12.5. The first-order valence-corrected chi connectivity index (χ1v) is 8.57. The number of piperazine rings is 1. The van der Waals surface area contributed by atoms with Crippen LogP contribution in [0.4, 0.5) is 5.69 Å². The fourth-order valence-corrected chi connectivity index (χ4v) is 2.96. The molecule has 1 aromatic rings. The van der Waals surface area contributed by atoms with E-state index < -0.39 is 0 Å². The molecule has 0 atom stereocenters. The number of methoxy groups -OCH3 is 1. The molecule has 2 rings (SSSR count). The molecule has 132 valence electrons. The summed E-state index contributed by atoms with van der Waals surface area (Å²) in [5.41, 5.74) is 2.27. The zero-order valence-corrected chi connectivity index (χ0v) is 15.1. The third-order valence-electron chi connectivity index (χ3n) is 4.37. The van der Waals surface area contributed by atoms with Gasteiger partial charge in [-0.05, 0) is 37.7 Å². The Hall–Kier alpha value is -2.01. The summed E-state index contributed by atoms with van der Waals surface area (Å²) in [6.45, 7) is 13.4. The van der Waals surface area contributed by atoms with Crippen LogP contribution in [0.5, 0.6) is 5.75 Å². The minimum absolute atomic E-state index is 0.215. The van der Waals surface area contributed by atoms with E-state index >= 15 is 0 Å². The van der Waals surface area contributed by atoms with Crippen LogP contribution in [0, 0.1) is 0 Å². The van der Waals surface area contributed by atoms with E-state index in [1.807, 2.05) is 24.0 Å². The summed E-state index contributed by atoms with van der Waals surface area (Å²) in [6, 6.07) is 8.09. The lowest BCUT2D eigenvalue weighted by Gasteiger charge is -2.37. The van der Waals surface area contributed by atoms with E-state index in [-0.39, 0.29) is 5.91 Å². The molecule has 1 heterocycles. The summed E-state index contributed by atoms with van der Waals surface area (Å²) in [4.78, 5) is 18.9. The molecule has 0 unspecified atom stereocenters. The van der Waals surface area contributed by atoms with Crippen LogP contribution in [0.2, 0.25) is 0 Å². The number of likely N-dealkylation sites (N-methyl/N-ethyl adjacent to an activating group) is 1. The molecule has 5 nitrogen and oxygen atoms in total. The number of ether oxygens (including phenoxy) is 1. The highest BCUT2D eigenvalue weighted by Gasteiger charge is 2.22.